The second kappa shape index (κ2) is 5.65. The third-order valence-corrected chi connectivity index (χ3v) is 6.97. The lowest BCUT2D eigenvalue weighted by atomic mass is 10.2. The molecule has 1 aromatic rings. The lowest BCUT2D eigenvalue weighted by molar-refractivity contribution is 0.472. The van der Waals surface area contributed by atoms with Crippen molar-refractivity contribution in [3.8, 4) is 0 Å². The number of nitrogens with one attached hydrogen (secondary N) is 1. The van der Waals surface area contributed by atoms with Gasteiger partial charge >= 0.3 is 0 Å². The smallest absolute Gasteiger partial charge is 0.243 e. The number of hydrogen-bond acceptors (Lipinski definition) is 5. The largest absolute Gasteiger partial charge is 0.326 e. The van der Waals surface area contributed by atoms with Crippen LogP contribution in [0.2, 0.25) is 0 Å². The van der Waals surface area contributed by atoms with E-state index in [1.807, 2.05) is 0 Å². The first-order chi connectivity index (χ1) is 9.68. The average Bonchev–Trinajstić information content (AvgIpc) is 2.85. The first-order valence-corrected chi connectivity index (χ1v) is 9.41. The molecule has 1 aliphatic rings. The van der Waals surface area contributed by atoms with Gasteiger partial charge in [-0.1, -0.05) is 0 Å². The summed E-state index contributed by atoms with van der Waals surface area (Å²) >= 11 is 0. The van der Waals surface area contributed by atoms with Crippen molar-refractivity contribution in [1.29, 1.82) is 0 Å². The van der Waals surface area contributed by atoms with Crippen LogP contribution < -0.4 is 10.5 Å². The summed E-state index contributed by atoms with van der Waals surface area (Å²) in [7, 11) is -5.91. The minimum Gasteiger partial charge on any atom is -0.326 e. The fourth-order valence-corrected chi connectivity index (χ4v) is 4.86. The number of nitrogens with zero attached hydrogens (tertiary/aromatic N) is 1. The van der Waals surface area contributed by atoms with Crippen LogP contribution in [0.25, 0.3) is 0 Å². The Labute approximate surface area is 125 Å². The molecule has 118 valence electrons. The van der Waals surface area contributed by atoms with E-state index in [0.29, 0.717) is 18.5 Å². The Kier molecular flexibility index (Phi) is 4.41. The van der Waals surface area contributed by atoms with Crippen molar-refractivity contribution < 1.29 is 16.8 Å². The van der Waals surface area contributed by atoms with Gasteiger partial charge in [0.25, 0.3) is 0 Å². The molecule has 1 saturated heterocycles. The van der Waals surface area contributed by atoms with E-state index in [1.165, 1.54) is 29.6 Å². The second-order valence-electron chi connectivity index (χ2n) is 5.05. The van der Waals surface area contributed by atoms with Crippen LogP contribution in [-0.4, -0.2) is 47.3 Å². The molecule has 1 atom stereocenters. The lowest BCUT2D eigenvalue weighted by Crippen LogP contribution is -2.32. The van der Waals surface area contributed by atoms with Gasteiger partial charge in [0.15, 0.2) is 0 Å². The molecule has 0 unspecified atom stereocenters. The molecule has 9 heteroatoms. The maximum Gasteiger partial charge on any atom is 0.243 e. The van der Waals surface area contributed by atoms with Gasteiger partial charge in [-0.3, -0.25) is 0 Å². The molecule has 2 rings (SSSR count). The van der Waals surface area contributed by atoms with E-state index >= 15 is 0 Å². The van der Waals surface area contributed by atoms with Crippen molar-refractivity contribution in [2.75, 3.05) is 20.1 Å². The zero-order valence-corrected chi connectivity index (χ0v) is 13.5. The Morgan fingerprint density at radius 1 is 1.29 bits per heavy atom. The van der Waals surface area contributed by atoms with Gasteiger partial charge in [-0.15, -0.1) is 0 Å². The summed E-state index contributed by atoms with van der Waals surface area (Å²) in [5.74, 6) is 0. The highest BCUT2D eigenvalue weighted by Gasteiger charge is 2.31. The van der Waals surface area contributed by atoms with Crippen LogP contribution in [0.15, 0.2) is 28.0 Å². The Bertz CT molecular complexity index is 744. The van der Waals surface area contributed by atoms with Gasteiger partial charge in [-0.2, -0.15) is 4.31 Å². The van der Waals surface area contributed by atoms with Crippen LogP contribution in [0, 0.1) is 6.92 Å². The van der Waals surface area contributed by atoms with Gasteiger partial charge in [0.1, 0.15) is 0 Å². The zero-order valence-electron chi connectivity index (χ0n) is 11.9. The van der Waals surface area contributed by atoms with Crippen molar-refractivity contribution in [3.63, 3.8) is 0 Å². The number of sulfonamides is 2. The number of nitrogens with two attached hydrogens (primary N) is 1. The molecule has 0 amide bonds. The normalized spacial score (nSPS) is 20.8. The van der Waals surface area contributed by atoms with E-state index in [9.17, 15) is 16.8 Å². The van der Waals surface area contributed by atoms with Crippen LogP contribution >= 0.6 is 0 Å². The first kappa shape index (κ1) is 16.4. The molecule has 1 aliphatic heterocycles. The predicted molar refractivity (Wildman–Crippen MR) is 78.8 cm³/mol. The Morgan fingerprint density at radius 2 is 1.95 bits per heavy atom. The molecule has 0 aliphatic carbocycles. The number of benzene rings is 1. The quantitative estimate of drug-likeness (QED) is 0.781. The summed E-state index contributed by atoms with van der Waals surface area (Å²) in [5.41, 5.74) is 6.12. The molecule has 3 N–H and O–H groups in total. The Hall–Kier alpha value is -1.00. The maximum atomic E-state index is 12.5. The van der Waals surface area contributed by atoms with Crippen molar-refractivity contribution in [3.05, 3.63) is 23.8 Å². The molecule has 1 aromatic carbocycles. The highest BCUT2D eigenvalue weighted by molar-refractivity contribution is 7.89. The molecule has 21 heavy (non-hydrogen) atoms. The molecule has 7 nitrogen and oxygen atoms in total. The van der Waals surface area contributed by atoms with Gasteiger partial charge < -0.3 is 5.73 Å². The summed E-state index contributed by atoms with van der Waals surface area (Å²) < 4.78 is 52.1. The molecule has 0 saturated carbocycles. The van der Waals surface area contributed by atoms with Gasteiger partial charge in [-0.05, 0) is 44.2 Å². The van der Waals surface area contributed by atoms with Crippen LogP contribution in [0.3, 0.4) is 0 Å². The van der Waals surface area contributed by atoms with E-state index < -0.39 is 20.0 Å². The third-order valence-electron chi connectivity index (χ3n) is 3.53. The van der Waals surface area contributed by atoms with Crippen molar-refractivity contribution in [2.45, 2.75) is 29.2 Å². The van der Waals surface area contributed by atoms with Gasteiger partial charge in [-0.25, -0.2) is 21.6 Å². The Balaban J connectivity index is 2.41. The number of aryl methyl sites for hydroxylation is 1. The Morgan fingerprint density at radius 3 is 2.43 bits per heavy atom. The molecule has 1 fully saturated rings. The lowest BCUT2D eigenvalue weighted by Gasteiger charge is -2.17. The fraction of sp³-hybridized carbons (Fsp3) is 0.500. The summed E-state index contributed by atoms with van der Waals surface area (Å²) in [6.07, 6.45) is 0.629. The maximum absolute atomic E-state index is 12.5. The predicted octanol–water partition coefficient (Wildman–Crippen LogP) is -0.375. The zero-order chi connectivity index (χ0) is 15.8. The van der Waals surface area contributed by atoms with E-state index in [-0.39, 0.29) is 22.4 Å². The number of rotatable bonds is 4. The molecular weight excluding hydrogens is 314 g/mol. The highest BCUT2D eigenvalue weighted by atomic mass is 32.2. The molecule has 0 spiro atoms. The van der Waals surface area contributed by atoms with Crippen molar-refractivity contribution >= 4 is 20.0 Å². The molecule has 0 bridgehead atoms. The monoisotopic (exact) mass is 333 g/mol. The summed E-state index contributed by atoms with van der Waals surface area (Å²) in [4.78, 5) is 0.159. The van der Waals surface area contributed by atoms with Crippen LogP contribution in [-0.2, 0) is 20.0 Å². The summed E-state index contributed by atoms with van der Waals surface area (Å²) in [5, 5.41) is 0. The van der Waals surface area contributed by atoms with Crippen LogP contribution in [0.5, 0.6) is 0 Å². The van der Waals surface area contributed by atoms with Crippen molar-refractivity contribution in [1.82, 2.24) is 9.03 Å². The van der Waals surface area contributed by atoms with E-state index in [1.54, 1.807) is 6.92 Å². The first-order valence-electron chi connectivity index (χ1n) is 6.48. The third kappa shape index (κ3) is 3.11. The minimum atomic E-state index is -3.62. The molecule has 0 radical (unpaired) electrons. The molecular formula is C12H19N3O4S2. The molecule has 1 heterocycles. The van der Waals surface area contributed by atoms with Crippen LogP contribution in [0.1, 0.15) is 12.0 Å². The van der Waals surface area contributed by atoms with Crippen molar-refractivity contribution in [2.24, 2.45) is 5.73 Å². The second-order valence-corrected chi connectivity index (χ2v) is 8.84. The van der Waals surface area contributed by atoms with Gasteiger partial charge in [0, 0.05) is 19.1 Å². The summed E-state index contributed by atoms with van der Waals surface area (Å²) in [6, 6.07) is 3.86. The SMILES string of the molecule is CNS(=O)(=O)c1ccc(S(=O)(=O)N2CC[C@H](N)C2)cc1C. The fourth-order valence-electron chi connectivity index (χ4n) is 2.32. The average molecular weight is 333 g/mol. The van der Waals surface area contributed by atoms with E-state index in [0.717, 1.165) is 0 Å². The highest BCUT2D eigenvalue weighted by Crippen LogP contribution is 2.24. The van der Waals surface area contributed by atoms with E-state index in [2.05, 4.69) is 4.72 Å². The van der Waals surface area contributed by atoms with Gasteiger partial charge in [0.2, 0.25) is 20.0 Å². The molecule has 0 aromatic heterocycles. The number of hydrogen-bond donors (Lipinski definition) is 2. The standard InChI is InChI=1S/C12H19N3O4S2/c1-9-7-11(3-4-12(9)20(16,17)14-2)21(18,19)15-6-5-10(13)8-15/h3-4,7,10,14H,5-6,8,13H2,1-2H3/t10-/m0/s1. The minimum absolute atomic E-state index is 0.0714. The topological polar surface area (TPSA) is 110 Å². The van der Waals surface area contributed by atoms with Gasteiger partial charge in [0.05, 0.1) is 9.79 Å². The van der Waals surface area contributed by atoms with Crippen LogP contribution in [0.4, 0.5) is 0 Å². The summed E-state index contributed by atoms with van der Waals surface area (Å²) in [6.45, 7) is 2.25. The van der Waals surface area contributed by atoms with E-state index in [4.69, 9.17) is 5.73 Å².